The molecule has 0 fully saturated rings. The van der Waals surface area contributed by atoms with Crippen molar-refractivity contribution in [2.24, 2.45) is 0 Å². The molecule has 0 bridgehead atoms. The van der Waals surface area contributed by atoms with Crippen LogP contribution in [-0.4, -0.2) is 31.0 Å². The van der Waals surface area contributed by atoms with Crippen LogP contribution < -0.4 is 10.6 Å². The van der Waals surface area contributed by atoms with Crippen LogP contribution in [0, 0.1) is 5.82 Å². The van der Waals surface area contributed by atoms with Crippen molar-refractivity contribution in [3.8, 4) is 0 Å². The molecular weight excluding hydrogens is 331 g/mol. The average molecular weight is 352 g/mol. The highest BCUT2D eigenvalue weighted by Crippen LogP contribution is 2.33. The maximum absolute atomic E-state index is 14.1. The van der Waals surface area contributed by atoms with Gasteiger partial charge in [-0.15, -0.1) is 11.3 Å². The van der Waals surface area contributed by atoms with Crippen molar-refractivity contribution in [2.75, 3.05) is 13.7 Å². The van der Waals surface area contributed by atoms with Crippen LogP contribution in [0.1, 0.15) is 36.0 Å². The molecule has 0 aliphatic carbocycles. The van der Waals surface area contributed by atoms with E-state index in [0.717, 1.165) is 0 Å². The fourth-order valence-corrected chi connectivity index (χ4v) is 3.47. The fraction of sp³-hybridized carbons (Fsp3) is 0.412. The van der Waals surface area contributed by atoms with Crippen molar-refractivity contribution in [1.29, 1.82) is 0 Å². The van der Waals surface area contributed by atoms with Gasteiger partial charge in [-0.1, -0.05) is 6.07 Å². The van der Waals surface area contributed by atoms with Crippen LogP contribution in [0.4, 0.5) is 4.39 Å². The molecule has 2 N–H and O–H groups in total. The van der Waals surface area contributed by atoms with Crippen molar-refractivity contribution >= 4 is 33.2 Å². The van der Waals surface area contributed by atoms with Crippen LogP contribution in [-0.2, 0) is 16.1 Å². The number of hydrogen-bond acceptors (Lipinski definition) is 4. The molecule has 0 aliphatic heterocycles. The monoisotopic (exact) mass is 352 g/mol. The predicted molar refractivity (Wildman–Crippen MR) is 92.7 cm³/mol. The molecule has 0 saturated carbocycles. The maximum atomic E-state index is 14.1. The number of methoxy groups -OCH3 is 1. The lowest BCUT2D eigenvalue weighted by atomic mass is 10.1. The molecule has 24 heavy (non-hydrogen) atoms. The molecule has 0 unspecified atom stereocenters. The number of fused-ring (bicyclic) bond motifs is 1. The summed E-state index contributed by atoms with van der Waals surface area (Å²) in [5.41, 5.74) is 0.133. The Morgan fingerprint density at radius 1 is 1.29 bits per heavy atom. The summed E-state index contributed by atoms with van der Waals surface area (Å²) >= 11 is 1.19. The first-order chi connectivity index (χ1) is 11.2. The quantitative estimate of drug-likeness (QED) is 0.869. The molecule has 0 atom stereocenters. The van der Waals surface area contributed by atoms with Gasteiger partial charge in [0, 0.05) is 28.3 Å². The summed E-state index contributed by atoms with van der Waals surface area (Å²) in [5, 5.41) is 5.75. The van der Waals surface area contributed by atoms with Gasteiger partial charge in [0.25, 0.3) is 5.91 Å². The van der Waals surface area contributed by atoms with Crippen LogP contribution in [0.5, 0.6) is 0 Å². The molecule has 7 heteroatoms. The number of ether oxygens (including phenoxy) is 1. The number of carbonyl (C=O) groups excluding carboxylic acids is 2. The van der Waals surface area contributed by atoms with Crippen LogP contribution in [0.2, 0.25) is 0 Å². The maximum Gasteiger partial charge on any atom is 0.262 e. The standard InChI is InChI=1S/C17H21FN2O3S/c1-17(2,3)20-13(21)8-19-16(22)15-10(9-23-4)14-11(18)6-5-7-12(14)24-15/h5-7H,8-9H2,1-4H3,(H,19,22)(H,20,21). The number of amides is 2. The Morgan fingerprint density at radius 3 is 2.62 bits per heavy atom. The van der Waals surface area contributed by atoms with E-state index in [2.05, 4.69) is 10.6 Å². The van der Waals surface area contributed by atoms with Crippen LogP contribution >= 0.6 is 11.3 Å². The molecule has 5 nitrogen and oxygen atoms in total. The van der Waals surface area contributed by atoms with Gasteiger partial charge < -0.3 is 15.4 Å². The Morgan fingerprint density at radius 2 is 2.00 bits per heavy atom. The highest BCUT2D eigenvalue weighted by atomic mass is 32.1. The van der Waals surface area contributed by atoms with E-state index in [9.17, 15) is 14.0 Å². The molecule has 1 aromatic carbocycles. The van der Waals surface area contributed by atoms with Gasteiger partial charge in [0.1, 0.15) is 5.82 Å². The van der Waals surface area contributed by atoms with Crippen molar-refractivity contribution in [3.05, 3.63) is 34.5 Å². The lowest BCUT2D eigenvalue weighted by Gasteiger charge is -2.20. The van der Waals surface area contributed by atoms with Gasteiger partial charge in [-0.25, -0.2) is 4.39 Å². The Balaban J connectivity index is 2.22. The molecule has 0 radical (unpaired) electrons. The summed E-state index contributed by atoms with van der Waals surface area (Å²) < 4.78 is 19.9. The third-order valence-corrected chi connectivity index (χ3v) is 4.38. The fourth-order valence-electron chi connectivity index (χ4n) is 2.34. The van der Waals surface area contributed by atoms with Crippen LogP contribution in [0.15, 0.2) is 18.2 Å². The molecular formula is C17H21FN2O3S. The van der Waals surface area contributed by atoms with Crippen molar-refractivity contribution < 1.29 is 18.7 Å². The third-order valence-electron chi connectivity index (χ3n) is 3.18. The molecule has 0 aliphatic rings. The number of benzene rings is 1. The lowest BCUT2D eigenvalue weighted by molar-refractivity contribution is -0.121. The van der Waals surface area contributed by atoms with E-state index in [4.69, 9.17) is 4.74 Å². The molecule has 0 saturated heterocycles. The Labute approximate surface area is 144 Å². The summed E-state index contributed by atoms with van der Waals surface area (Å²) in [4.78, 5) is 24.6. The molecule has 2 aromatic rings. The van der Waals surface area contributed by atoms with Crippen LogP contribution in [0.25, 0.3) is 10.1 Å². The Kier molecular flexibility index (Phi) is 5.56. The zero-order chi connectivity index (χ0) is 17.9. The number of rotatable bonds is 5. The van der Waals surface area contributed by atoms with E-state index in [0.29, 0.717) is 20.5 Å². The number of carbonyl (C=O) groups is 2. The summed E-state index contributed by atoms with van der Waals surface area (Å²) in [7, 11) is 1.49. The van der Waals surface area contributed by atoms with Gasteiger partial charge in [0.2, 0.25) is 5.91 Å². The Bertz CT molecular complexity index is 765. The second-order valence-electron chi connectivity index (χ2n) is 6.44. The Hall–Kier alpha value is -1.99. The first-order valence-electron chi connectivity index (χ1n) is 7.51. The first-order valence-corrected chi connectivity index (χ1v) is 8.32. The molecule has 130 valence electrons. The zero-order valence-corrected chi connectivity index (χ0v) is 15.0. The molecule has 1 heterocycles. The number of hydrogen-bond donors (Lipinski definition) is 2. The summed E-state index contributed by atoms with van der Waals surface area (Å²) in [5.74, 6) is -1.08. The predicted octanol–water partition coefficient (Wildman–Crippen LogP) is 2.83. The minimum atomic E-state index is -0.410. The van der Waals surface area contributed by atoms with Crippen molar-refractivity contribution in [2.45, 2.75) is 32.9 Å². The van der Waals surface area contributed by atoms with E-state index >= 15 is 0 Å². The number of halogens is 1. The summed E-state index contributed by atoms with van der Waals surface area (Å²) in [6.07, 6.45) is 0. The number of nitrogens with one attached hydrogen (secondary N) is 2. The highest BCUT2D eigenvalue weighted by molar-refractivity contribution is 7.21. The average Bonchev–Trinajstić information content (AvgIpc) is 2.84. The molecule has 0 spiro atoms. The van der Waals surface area contributed by atoms with Gasteiger partial charge in [-0.3, -0.25) is 9.59 Å². The molecule has 1 aromatic heterocycles. The van der Waals surface area contributed by atoms with E-state index in [1.165, 1.54) is 24.5 Å². The number of thiophene rings is 1. The van der Waals surface area contributed by atoms with Gasteiger partial charge in [0.15, 0.2) is 0 Å². The van der Waals surface area contributed by atoms with Crippen molar-refractivity contribution in [3.63, 3.8) is 0 Å². The van der Waals surface area contributed by atoms with E-state index < -0.39 is 5.91 Å². The second kappa shape index (κ2) is 7.27. The largest absolute Gasteiger partial charge is 0.380 e. The van der Waals surface area contributed by atoms with E-state index in [-0.39, 0.29) is 30.4 Å². The van der Waals surface area contributed by atoms with E-state index in [1.54, 1.807) is 12.1 Å². The third kappa shape index (κ3) is 4.30. The zero-order valence-electron chi connectivity index (χ0n) is 14.2. The van der Waals surface area contributed by atoms with Gasteiger partial charge >= 0.3 is 0 Å². The summed E-state index contributed by atoms with van der Waals surface area (Å²) in [6.45, 7) is 5.56. The van der Waals surface area contributed by atoms with Crippen LogP contribution in [0.3, 0.4) is 0 Å². The highest BCUT2D eigenvalue weighted by Gasteiger charge is 2.21. The van der Waals surface area contributed by atoms with Gasteiger partial charge in [0.05, 0.1) is 18.0 Å². The van der Waals surface area contributed by atoms with Crippen molar-refractivity contribution in [1.82, 2.24) is 10.6 Å². The van der Waals surface area contributed by atoms with Gasteiger partial charge in [-0.05, 0) is 32.9 Å². The van der Waals surface area contributed by atoms with Gasteiger partial charge in [-0.2, -0.15) is 0 Å². The molecule has 2 rings (SSSR count). The topological polar surface area (TPSA) is 67.4 Å². The minimum absolute atomic E-state index is 0.123. The van der Waals surface area contributed by atoms with E-state index in [1.807, 2.05) is 20.8 Å². The first kappa shape index (κ1) is 18.4. The minimum Gasteiger partial charge on any atom is -0.380 e. The lowest BCUT2D eigenvalue weighted by Crippen LogP contribution is -2.45. The summed E-state index contributed by atoms with van der Waals surface area (Å²) in [6, 6.07) is 4.71. The second-order valence-corrected chi connectivity index (χ2v) is 7.49. The smallest absolute Gasteiger partial charge is 0.262 e. The normalized spacial score (nSPS) is 11.5. The SMILES string of the molecule is COCc1c(C(=O)NCC(=O)NC(C)(C)C)sc2cccc(F)c12. The molecule has 2 amide bonds.